The molecule has 0 spiro atoms. The Hall–Kier alpha value is -3.55. The number of methoxy groups -OCH3 is 1. The quantitative estimate of drug-likeness (QED) is 0.254. The summed E-state index contributed by atoms with van der Waals surface area (Å²) < 4.78 is 21.5. The van der Waals surface area contributed by atoms with Crippen molar-refractivity contribution in [1.82, 2.24) is 0 Å². The number of aliphatic hydroxyl groups excluding tert-OH is 4. The van der Waals surface area contributed by atoms with E-state index < -0.39 is 54.2 Å². The third-order valence-electron chi connectivity index (χ3n) is 5.45. The number of phenolic OH excluding ortho intramolecular Hbond substituents is 2. The monoisotopic (exact) mass is 478 g/mol. The van der Waals surface area contributed by atoms with E-state index in [0.717, 1.165) is 12.1 Å². The van der Waals surface area contributed by atoms with Crippen LogP contribution in [-0.4, -0.2) is 80.2 Å². The normalized spacial score (nSPS) is 24.8. The summed E-state index contributed by atoms with van der Waals surface area (Å²) >= 11 is 0. The van der Waals surface area contributed by atoms with E-state index in [2.05, 4.69) is 0 Å². The third-order valence-corrected chi connectivity index (χ3v) is 5.45. The minimum Gasteiger partial charge on any atom is -0.508 e. The Morgan fingerprint density at radius 3 is 2.38 bits per heavy atom. The van der Waals surface area contributed by atoms with E-state index >= 15 is 0 Å². The molecule has 1 aromatic heterocycles. The second kappa shape index (κ2) is 9.00. The molecule has 0 radical (unpaired) electrons. The molecule has 1 saturated heterocycles. The van der Waals surface area contributed by atoms with E-state index in [1.165, 1.54) is 25.3 Å². The molecule has 2 aromatic carbocycles. The van der Waals surface area contributed by atoms with Crippen molar-refractivity contribution in [3.63, 3.8) is 0 Å². The number of hydrogen-bond acceptors (Lipinski definition) is 12. The van der Waals surface area contributed by atoms with Gasteiger partial charge >= 0.3 is 0 Å². The van der Waals surface area contributed by atoms with Gasteiger partial charge in [0.05, 0.1) is 13.7 Å². The molecule has 0 amide bonds. The van der Waals surface area contributed by atoms with Crippen LogP contribution in [0, 0.1) is 0 Å². The van der Waals surface area contributed by atoms with E-state index in [0.29, 0.717) is 0 Å². The van der Waals surface area contributed by atoms with Crippen molar-refractivity contribution in [2.45, 2.75) is 30.7 Å². The van der Waals surface area contributed by atoms with Crippen LogP contribution in [0.1, 0.15) is 0 Å². The van der Waals surface area contributed by atoms with Crippen LogP contribution >= 0.6 is 0 Å². The molecule has 0 bridgehead atoms. The predicted octanol–water partition coefficient (Wildman–Crippen LogP) is -0.236. The number of ether oxygens (including phenoxy) is 3. The van der Waals surface area contributed by atoms with Crippen molar-refractivity contribution in [1.29, 1.82) is 0 Å². The van der Waals surface area contributed by atoms with Crippen LogP contribution in [-0.2, 0) is 4.74 Å². The highest BCUT2D eigenvalue weighted by molar-refractivity contribution is 5.88. The highest BCUT2D eigenvalue weighted by atomic mass is 16.7. The summed E-state index contributed by atoms with van der Waals surface area (Å²) in [6, 6.07) is 6.07. The average Bonchev–Trinajstić information content (AvgIpc) is 2.81. The van der Waals surface area contributed by atoms with Crippen LogP contribution in [0.5, 0.6) is 28.7 Å². The van der Waals surface area contributed by atoms with Crippen LogP contribution in [0.25, 0.3) is 22.3 Å². The van der Waals surface area contributed by atoms with Gasteiger partial charge in [0.25, 0.3) is 0 Å². The lowest BCUT2D eigenvalue weighted by molar-refractivity contribution is -0.277. The Balaban J connectivity index is 1.81. The molecule has 34 heavy (non-hydrogen) atoms. The molecule has 0 saturated carbocycles. The lowest BCUT2D eigenvalue weighted by atomic mass is 9.99. The second-order valence-corrected chi connectivity index (χ2v) is 7.63. The molecule has 0 aliphatic carbocycles. The van der Waals surface area contributed by atoms with E-state index in [1.807, 2.05) is 0 Å². The van der Waals surface area contributed by atoms with E-state index in [9.17, 15) is 40.5 Å². The Labute approximate surface area is 191 Å². The first-order valence-electron chi connectivity index (χ1n) is 10.0. The number of phenols is 2. The lowest BCUT2D eigenvalue weighted by Crippen LogP contribution is -2.60. The number of benzene rings is 2. The van der Waals surface area contributed by atoms with Crippen LogP contribution in [0.3, 0.4) is 0 Å². The second-order valence-electron chi connectivity index (χ2n) is 7.63. The van der Waals surface area contributed by atoms with Gasteiger partial charge in [0, 0.05) is 17.7 Å². The summed E-state index contributed by atoms with van der Waals surface area (Å²) in [5.74, 6) is -1.98. The number of hydrogen-bond donors (Lipinski definition) is 7. The standard InChI is InChI=1S/C22H22O12/c1-31-11-4-8(2-3-10(11)25)21-19(29)17(27)15-12(32-21)5-9(24)6-13(15)33-22-20(30)18(28)16(26)14(7-23)34-22/h2-6,14,16,18,20,22-26,28-30H,7H2,1H3/t14-,16-,18+,20-,22?/m1/s1. The largest absolute Gasteiger partial charge is 0.508 e. The zero-order valence-corrected chi connectivity index (χ0v) is 17.7. The molecule has 12 nitrogen and oxygen atoms in total. The van der Waals surface area contributed by atoms with Gasteiger partial charge in [0.15, 0.2) is 17.3 Å². The Morgan fingerprint density at radius 2 is 1.71 bits per heavy atom. The minimum atomic E-state index is -1.78. The summed E-state index contributed by atoms with van der Waals surface area (Å²) in [6.45, 7) is -0.700. The molecule has 182 valence electrons. The fraction of sp³-hybridized carbons (Fsp3) is 0.318. The van der Waals surface area contributed by atoms with Crippen molar-refractivity contribution in [3.05, 3.63) is 40.6 Å². The first-order valence-corrected chi connectivity index (χ1v) is 10.0. The lowest BCUT2D eigenvalue weighted by Gasteiger charge is -2.39. The summed E-state index contributed by atoms with van der Waals surface area (Å²) in [5, 5.41) is 69.6. The Morgan fingerprint density at radius 1 is 0.971 bits per heavy atom. The topological polar surface area (TPSA) is 200 Å². The van der Waals surface area contributed by atoms with Gasteiger partial charge in [-0.15, -0.1) is 0 Å². The van der Waals surface area contributed by atoms with Crippen LogP contribution in [0.15, 0.2) is 39.5 Å². The maximum atomic E-state index is 13.1. The molecule has 2 heterocycles. The fourth-order valence-corrected chi connectivity index (χ4v) is 3.66. The zero-order valence-electron chi connectivity index (χ0n) is 17.7. The summed E-state index contributed by atoms with van der Waals surface area (Å²) in [5.41, 5.74) is -0.974. The maximum Gasteiger partial charge on any atom is 0.238 e. The maximum absolute atomic E-state index is 13.1. The molecule has 12 heteroatoms. The first kappa shape index (κ1) is 23.6. The van der Waals surface area contributed by atoms with Gasteiger partial charge in [-0.3, -0.25) is 4.79 Å². The van der Waals surface area contributed by atoms with Crippen molar-refractivity contribution < 1.29 is 54.4 Å². The van der Waals surface area contributed by atoms with Crippen LogP contribution < -0.4 is 14.9 Å². The molecule has 1 fully saturated rings. The Bertz CT molecular complexity index is 1270. The minimum absolute atomic E-state index is 0.0576. The molecule has 4 rings (SSSR count). The predicted molar refractivity (Wildman–Crippen MR) is 114 cm³/mol. The van der Waals surface area contributed by atoms with Gasteiger partial charge < -0.3 is 54.4 Å². The van der Waals surface area contributed by atoms with Crippen LogP contribution in [0.4, 0.5) is 0 Å². The number of aromatic hydroxyl groups is 3. The molecule has 1 aliphatic heterocycles. The summed E-state index contributed by atoms with van der Waals surface area (Å²) in [6.07, 6.45) is -8.06. The Kier molecular flexibility index (Phi) is 6.25. The van der Waals surface area contributed by atoms with E-state index in [1.54, 1.807) is 0 Å². The van der Waals surface area contributed by atoms with E-state index in [-0.39, 0.29) is 39.5 Å². The molecular formula is C22H22O12. The summed E-state index contributed by atoms with van der Waals surface area (Å²) in [7, 11) is 1.32. The van der Waals surface area contributed by atoms with Crippen molar-refractivity contribution in [2.75, 3.05) is 13.7 Å². The van der Waals surface area contributed by atoms with Crippen molar-refractivity contribution in [3.8, 4) is 40.1 Å². The molecule has 7 N–H and O–H groups in total. The smallest absolute Gasteiger partial charge is 0.238 e. The van der Waals surface area contributed by atoms with Gasteiger partial charge in [-0.1, -0.05) is 0 Å². The van der Waals surface area contributed by atoms with Crippen molar-refractivity contribution >= 4 is 11.0 Å². The summed E-state index contributed by atoms with van der Waals surface area (Å²) in [4.78, 5) is 13.1. The molecular weight excluding hydrogens is 456 g/mol. The molecule has 5 atom stereocenters. The van der Waals surface area contributed by atoms with E-state index in [4.69, 9.17) is 18.6 Å². The van der Waals surface area contributed by atoms with Gasteiger partial charge in [-0.05, 0) is 18.2 Å². The van der Waals surface area contributed by atoms with Gasteiger partial charge in [-0.2, -0.15) is 0 Å². The highest BCUT2D eigenvalue weighted by Gasteiger charge is 2.45. The number of fused-ring (bicyclic) bond motifs is 1. The first-order chi connectivity index (χ1) is 16.2. The average molecular weight is 478 g/mol. The van der Waals surface area contributed by atoms with Crippen LogP contribution in [0.2, 0.25) is 0 Å². The fourth-order valence-electron chi connectivity index (χ4n) is 3.66. The number of rotatable bonds is 5. The van der Waals surface area contributed by atoms with Gasteiger partial charge in [0.2, 0.25) is 17.5 Å². The van der Waals surface area contributed by atoms with Crippen molar-refractivity contribution in [2.24, 2.45) is 0 Å². The molecule has 3 aromatic rings. The molecule has 1 aliphatic rings. The zero-order chi connectivity index (χ0) is 24.7. The van der Waals surface area contributed by atoms with Gasteiger partial charge in [0.1, 0.15) is 46.9 Å². The van der Waals surface area contributed by atoms with Gasteiger partial charge in [-0.25, -0.2) is 0 Å². The third kappa shape index (κ3) is 3.97. The molecule has 1 unspecified atom stereocenters. The highest BCUT2D eigenvalue weighted by Crippen LogP contribution is 2.39. The SMILES string of the molecule is COc1cc(-c2oc3cc(O)cc(OC4O[C@H](CO)[C@@H](O)[C@H](O)[C@H]4O)c3c(=O)c2O)ccc1O. The number of aliphatic hydroxyl groups is 4.